The van der Waals surface area contributed by atoms with E-state index in [0.717, 1.165) is 0 Å². The van der Waals surface area contributed by atoms with Gasteiger partial charge in [-0.1, -0.05) is 18.2 Å². The van der Waals surface area contributed by atoms with Crippen LogP contribution in [0.2, 0.25) is 0 Å². The number of thioether (sulfide) groups is 1. The largest absolute Gasteiger partial charge is 0.475 e. The standard InChI is InChI=1S/C13H12O3S/c1-9-4-2-3-5-12(9)17-8-10-6-7-11(16-10)13(14)15/h2-7H,8H2,1H3,(H,14,15). The van der Waals surface area contributed by atoms with Crippen LogP contribution in [-0.4, -0.2) is 11.1 Å². The minimum Gasteiger partial charge on any atom is -0.475 e. The van der Waals surface area contributed by atoms with Crippen molar-refractivity contribution < 1.29 is 14.3 Å². The van der Waals surface area contributed by atoms with Gasteiger partial charge in [0.05, 0.1) is 5.75 Å². The number of hydrogen-bond acceptors (Lipinski definition) is 3. The van der Waals surface area contributed by atoms with Crippen LogP contribution in [0.4, 0.5) is 0 Å². The zero-order valence-electron chi connectivity index (χ0n) is 9.34. The second-order valence-electron chi connectivity index (χ2n) is 3.63. The highest BCUT2D eigenvalue weighted by atomic mass is 32.2. The topological polar surface area (TPSA) is 50.4 Å². The van der Waals surface area contributed by atoms with Gasteiger partial charge in [0.2, 0.25) is 5.76 Å². The molecule has 1 heterocycles. The van der Waals surface area contributed by atoms with Gasteiger partial charge in [0, 0.05) is 4.90 Å². The Morgan fingerprint density at radius 2 is 2.06 bits per heavy atom. The molecule has 0 amide bonds. The van der Waals surface area contributed by atoms with Crippen LogP contribution in [0.1, 0.15) is 21.9 Å². The van der Waals surface area contributed by atoms with Gasteiger partial charge in [0.15, 0.2) is 0 Å². The van der Waals surface area contributed by atoms with Gasteiger partial charge >= 0.3 is 5.97 Å². The number of carboxylic acid groups (broad SMARTS) is 1. The van der Waals surface area contributed by atoms with E-state index in [-0.39, 0.29) is 5.76 Å². The molecule has 2 aromatic rings. The molecule has 0 fully saturated rings. The van der Waals surface area contributed by atoms with Crippen LogP contribution in [0.15, 0.2) is 45.7 Å². The van der Waals surface area contributed by atoms with E-state index in [1.807, 2.05) is 31.2 Å². The molecule has 0 spiro atoms. The quantitative estimate of drug-likeness (QED) is 0.840. The Bertz CT molecular complexity index is 531. The predicted molar refractivity (Wildman–Crippen MR) is 66.4 cm³/mol. The van der Waals surface area contributed by atoms with Crippen molar-refractivity contribution in [3.63, 3.8) is 0 Å². The number of hydrogen-bond donors (Lipinski definition) is 1. The van der Waals surface area contributed by atoms with E-state index in [4.69, 9.17) is 9.52 Å². The first-order chi connectivity index (χ1) is 8.16. The van der Waals surface area contributed by atoms with Crippen molar-refractivity contribution in [2.75, 3.05) is 0 Å². The number of aromatic carboxylic acids is 1. The average molecular weight is 248 g/mol. The number of rotatable bonds is 4. The van der Waals surface area contributed by atoms with Gasteiger partial charge in [-0.15, -0.1) is 11.8 Å². The summed E-state index contributed by atoms with van der Waals surface area (Å²) in [6.45, 7) is 2.05. The third-order valence-electron chi connectivity index (χ3n) is 2.34. The molecule has 0 saturated heterocycles. The zero-order chi connectivity index (χ0) is 12.3. The SMILES string of the molecule is Cc1ccccc1SCc1ccc(C(=O)O)o1. The Labute approximate surface area is 103 Å². The van der Waals surface area contributed by atoms with Crippen LogP contribution in [0, 0.1) is 6.92 Å². The summed E-state index contributed by atoms with van der Waals surface area (Å²) in [6.07, 6.45) is 0. The smallest absolute Gasteiger partial charge is 0.371 e. The predicted octanol–water partition coefficient (Wildman–Crippen LogP) is 3.58. The highest BCUT2D eigenvalue weighted by Gasteiger charge is 2.09. The number of carbonyl (C=O) groups is 1. The van der Waals surface area contributed by atoms with Crippen molar-refractivity contribution in [3.05, 3.63) is 53.5 Å². The maximum atomic E-state index is 10.6. The lowest BCUT2D eigenvalue weighted by Crippen LogP contribution is -1.91. The van der Waals surface area contributed by atoms with Gasteiger partial charge < -0.3 is 9.52 Å². The second kappa shape index (κ2) is 5.10. The molecule has 88 valence electrons. The molecule has 0 unspecified atom stereocenters. The van der Waals surface area contributed by atoms with Crippen LogP contribution in [0.25, 0.3) is 0 Å². The molecule has 0 atom stereocenters. The fourth-order valence-corrected chi connectivity index (χ4v) is 2.36. The second-order valence-corrected chi connectivity index (χ2v) is 4.64. The maximum absolute atomic E-state index is 10.6. The minimum atomic E-state index is -1.03. The number of aryl methyl sites for hydroxylation is 1. The summed E-state index contributed by atoms with van der Waals surface area (Å²) in [6, 6.07) is 11.3. The van der Waals surface area contributed by atoms with Crippen LogP contribution in [-0.2, 0) is 5.75 Å². The number of furan rings is 1. The minimum absolute atomic E-state index is 0.00890. The van der Waals surface area contributed by atoms with Gasteiger partial charge in [-0.2, -0.15) is 0 Å². The molecule has 1 aromatic carbocycles. The molecule has 4 heteroatoms. The first-order valence-electron chi connectivity index (χ1n) is 5.17. The molecule has 0 radical (unpaired) electrons. The molecule has 0 aliphatic heterocycles. The maximum Gasteiger partial charge on any atom is 0.371 e. The van der Waals surface area contributed by atoms with Gasteiger partial charge in [-0.25, -0.2) is 4.79 Å². The molecule has 0 aliphatic rings. The Hall–Kier alpha value is -1.68. The lowest BCUT2D eigenvalue weighted by molar-refractivity contribution is 0.0661. The zero-order valence-corrected chi connectivity index (χ0v) is 10.2. The summed E-state index contributed by atoms with van der Waals surface area (Å²) >= 11 is 1.64. The highest BCUT2D eigenvalue weighted by molar-refractivity contribution is 7.98. The van der Waals surface area contributed by atoms with Crippen LogP contribution in [0.3, 0.4) is 0 Å². The molecule has 17 heavy (non-hydrogen) atoms. The molecule has 3 nitrogen and oxygen atoms in total. The van der Waals surface area contributed by atoms with Crippen molar-refractivity contribution in [1.82, 2.24) is 0 Å². The third-order valence-corrected chi connectivity index (χ3v) is 3.53. The fraction of sp³-hybridized carbons (Fsp3) is 0.154. The van der Waals surface area contributed by atoms with E-state index < -0.39 is 5.97 Å². The van der Waals surface area contributed by atoms with Crippen molar-refractivity contribution in [1.29, 1.82) is 0 Å². The molecule has 1 N–H and O–H groups in total. The van der Waals surface area contributed by atoms with E-state index in [0.29, 0.717) is 11.5 Å². The average Bonchev–Trinajstić information content (AvgIpc) is 2.77. The van der Waals surface area contributed by atoms with Crippen molar-refractivity contribution in [2.24, 2.45) is 0 Å². The van der Waals surface area contributed by atoms with Crippen LogP contribution < -0.4 is 0 Å². The molecule has 0 aliphatic carbocycles. The van der Waals surface area contributed by atoms with E-state index in [9.17, 15) is 4.79 Å². The van der Waals surface area contributed by atoms with Gasteiger partial charge in [0.25, 0.3) is 0 Å². The lowest BCUT2D eigenvalue weighted by Gasteiger charge is -2.02. The van der Waals surface area contributed by atoms with E-state index in [1.54, 1.807) is 17.8 Å². The molecule has 0 saturated carbocycles. The van der Waals surface area contributed by atoms with Crippen LogP contribution >= 0.6 is 11.8 Å². The Balaban J connectivity index is 2.02. The lowest BCUT2D eigenvalue weighted by atomic mass is 10.2. The number of benzene rings is 1. The molecular formula is C13H12O3S. The summed E-state index contributed by atoms with van der Waals surface area (Å²) in [4.78, 5) is 11.8. The Kier molecular flexibility index (Phi) is 3.54. The van der Waals surface area contributed by atoms with Crippen molar-refractivity contribution in [3.8, 4) is 0 Å². The highest BCUT2D eigenvalue weighted by Crippen LogP contribution is 2.26. The van der Waals surface area contributed by atoms with E-state index in [1.165, 1.54) is 16.5 Å². The summed E-state index contributed by atoms with van der Waals surface area (Å²) < 4.78 is 5.19. The molecular weight excluding hydrogens is 236 g/mol. The first kappa shape index (κ1) is 11.8. The van der Waals surface area contributed by atoms with E-state index in [2.05, 4.69) is 0 Å². The summed E-state index contributed by atoms with van der Waals surface area (Å²) in [7, 11) is 0. The fourth-order valence-electron chi connectivity index (χ4n) is 1.44. The normalized spacial score (nSPS) is 10.4. The monoisotopic (exact) mass is 248 g/mol. The Morgan fingerprint density at radius 1 is 1.29 bits per heavy atom. The molecule has 0 bridgehead atoms. The van der Waals surface area contributed by atoms with Crippen molar-refractivity contribution in [2.45, 2.75) is 17.6 Å². The summed E-state index contributed by atoms with van der Waals surface area (Å²) in [5, 5.41) is 8.73. The first-order valence-corrected chi connectivity index (χ1v) is 6.16. The molecule has 2 rings (SSSR count). The number of carboxylic acids is 1. The Morgan fingerprint density at radius 3 is 2.71 bits per heavy atom. The summed E-state index contributed by atoms with van der Waals surface area (Å²) in [5.74, 6) is 0.274. The van der Waals surface area contributed by atoms with Crippen molar-refractivity contribution >= 4 is 17.7 Å². The third kappa shape index (κ3) is 2.91. The van der Waals surface area contributed by atoms with E-state index >= 15 is 0 Å². The molecule has 1 aromatic heterocycles. The van der Waals surface area contributed by atoms with Gasteiger partial charge in [-0.05, 0) is 30.7 Å². The summed E-state index contributed by atoms with van der Waals surface area (Å²) in [5.41, 5.74) is 1.21. The van der Waals surface area contributed by atoms with Gasteiger partial charge in [0.1, 0.15) is 5.76 Å². The van der Waals surface area contributed by atoms with Crippen LogP contribution in [0.5, 0.6) is 0 Å². The van der Waals surface area contributed by atoms with Gasteiger partial charge in [-0.3, -0.25) is 0 Å².